The van der Waals surface area contributed by atoms with Crippen molar-refractivity contribution in [1.82, 2.24) is 14.3 Å². The Bertz CT molecular complexity index is 1210. The molecule has 8 heteroatoms. The minimum atomic E-state index is -0.889. The van der Waals surface area contributed by atoms with Crippen molar-refractivity contribution < 1.29 is 18.7 Å². The highest BCUT2D eigenvalue weighted by Gasteiger charge is 2.26. The highest BCUT2D eigenvalue weighted by Crippen LogP contribution is 2.28. The van der Waals surface area contributed by atoms with Crippen LogP contribution in [-0.2, 0) is 18.3 Å². The van der Waals surface area contributed by atoms with Crippen molar-refractivity contribution in [2.75, 3.05) is 0 Å². The van der Waals surface area contributed by atoms with Gasteiger partial charge in [0.15, 0.2) is 6.10 Å². The Morgan fingerprint density at radius 1 is 1.27 bits per heavy atom. The second kappa shape index (κ2) is 7.60. The molecule has 4 aromatic heterocycles. The van der Waals surface area contributed by atoms with E-state index in [4.69, 9.17) is 9.15 Å². The van der Waals surface area contributed by atoms with Crippen molar-refractivity contribution in [2.24, 2.45) is 7.05 Å². The van der Waals surface area contributed by atoms with Gasteiger partial charge < -0.3 is 13.7 Å². The predicted molar refractivity (Wildman–Crippen MR) is 114 cm³/mol. The first-order chi connectivity index (χ1) is 14.3. The maximum Gasteiger partial charge on any atom is 0.349 e. The number of rotatable bonds is 6. The Labute approximate surface area is 177 Å². The van der Waals surface area contributed by atoms with Gasteiger partial charge in [0.05, 0.1) is 18.5 Å². The van der Waals surface area contributed by atoms with E-state index in [0.717, 1.165) is 33.1 Å². The number of aromatic nitrogens is 3. The molecule has 0 amide bonds. The minimum Gasteiger partial charge on any atom is -0.467 e. The summed E-state index contributed by atoms with van der Waals surface area (Å²) in [5.41, 5.74) is 3.17. The quantitative estimate of drug-likeness (QED) is 0.337. The number of thiophene rings is 1. The zero-order valence-corrected chi connectivity index (χ0v) is 18.4. The molecule has 0 unspecified atom stereocenters. The van der Waals surface area contributed by atoms with Gasteiger partial charge in [-0.2, -0.15) is 5.10 Å². The second-order valence-corrected chi connectivity index (χ2v) is 8.43. The summed E-state index contributed by atoms with van der Waals surface area (Å²) >= 11 is 1.31. The van der Waals surface area contributed by atoms with Crippen LogP contribution in [0.1, 0.15) is 49.8 Å². The van der Waals surface area contributed by atoms with Gasteiger partial charge in [-0.05, 0) is 52.0 Å². The molecular weight excluding hydrogens is 402 g/mol. The highest BCUT2D eigenvalue weighted by molar-refractivity contribution is 7.20. The average molecular weight is 426 g/mol. The molecule has 4 aromatic rings. The number of furan rings is 1. The number of ketones is 1. The van der Waals surface area contributed by atoms with Crippen LogP contribution in [0, 0.1) is 20.8 Å². The largest absolute Gasteiger partial charge is 0.467 e. The van der Waals surface area contributed by atoms with E-state index in [0.29, 0.717) is 17.0 Å². The zero-order valence-electron chi connectivity index (χ0n) is 17.6. The molecule has 0 aliphatic heterocycles. The Hall–Kier alpha value is -3.13. The number of ether oxygens (including phenoxy) is 1. The fourth-order valence-corrected chi connectivity index (χ4v) is 4.66. The van der Waals surface area contributed by atoms with Crippen molar-refractivity contribution in [3.8, 4) is 0 Å². The number of aryl methyl sites for hydroxylation is 3. The lowest BCUT2D eigenvalue weighted by molar-refractivity contribution is 0.0323. The van der Waals surface area contributed by atoms with Crippen LogP contribution < -0.4 is 0 Å². The van der Waals surface area contributed by atoms with Crippen LogP contribution in [0.5, 0.6) is 0 Å². The SMILES string of the molecule is Cc1nn(C)c2sc(C(=O)O[C@H](C)C(=O)c3cc(C)n(Cc4ccco4)c3C)cc12. The van der Waals surface area contributed by atoms with Gasteiger partial charge in [0.2, 0.25) is 5.78 Å². The Balaban J connectivity index is 1.51. The van der Waals surface area contributed by atoms with Gasteiger partial charge in [0, 0.05) is 29.4 Å². The van der Waals surface area contributed by atoms with E-state index in [-0.39, 0.29) is 5.78 Å². The first-order valence-electron chi connectivity index (χ1n) is 9.63. The molecule has 0 aliphatic carbocycles. The third-order valence-electron chi connectivity index (χ3n) is 5.28. The lowest BCUT2D eigenvalue weighted by Crippen LogP contribution is -2.24. The number of nitrogens with zero attached hydrogens (tertiary/aromatic N) is 3. The lowest BCUT2D eigenvalue weighted by Gasteiger charge is -2.12. The number of esters is 1. The van der Waals surface area contributed by atoms with Crippen LogP contribution in [0.2, 0.25) is 0 Å². The molecule has 4 heterocycles. The first kappa shape index (κ1) is 20.2. The van der Waals surface area contributed by atoms with Gasteiger partial charge in [0.1, 0.15) is 15.5 Å². The fraction of sp³-hybridized carbons (Fsp3) is 0.318. The molecular formula is C22H23N3O4S. The molecule has 0 N–H and O–H groups in total. The van der Waals surface area contributed by atoms with Crippen molar-refractivity contribution in [3.05, 3.63) is 63.8 Å². The van der Waals surface area contributed by atoms with E-state index in [1.165, 1.54) is 11.3 Å². The Morgan fingerprint density at radius 3 is 2.70 bits per heavy atom. The molecule has 0 radical (unpaired) electrons. The van der Waals surface area contributed by atoms with E-state index in [1.54, 1.807) is 23.9 Å². The van der Waals surface area contributed by atoms with Gasteiger partial charge >= 0.3 is 5.97 Å². The summed E-state index contributed by atoms with van der Waals surface area (Å²) in [5, 5.41) is 5.26. The standard InChI is InChI=1S/C22H23N3O4S/c1-12-9-18(14(3)25(12)11-16-7-6-8-28-16)20(26)15(4)29-22(27)19-10-17-13(2)23-24(5)21(17)30-19/h6-10,15H,11H2,1-5H3/t15-/m1/s1. The Kier molecular flexibility index (Phi) is 5.11. The molecule has 7 nitrogen and oxygen atoms in total. The van der Waals surface area contributed by atoms with Gasteiger partial charge in [-0.3, -0.25) is 9.48 Å². The topological polar surface area (TPSA) is 79.3 Å². The van der Waals surface area contributed by atoms with Crippen LogP contribution >= 0.6 is 11.3 Å². The van der Waals surface area contributed by atoms with Gasteiger partial charge in [-0.25, -0.2) is 4.79 Å². The van der Waals surface area contributed by atoms with Crippen molar-refractivity contribution >= 4 is 33.3 Å². The van der Waals surface area contributed by atoms with E-state index in [1.807, 2.05) is 50.6 Å². The molecule has 0 fully saturated rings. The van der Waals surface area contributed by atoms with Crippen LogP contribution in [-0.4, -0.2) is 32.2 Å². The van der Waals surface area contributed by atoms with Crippen molar-refractivity contribution in [1.29, 1.82) is 0 Å². The molecule has 30 heavy (non-hydrogen) atoms. The summed E-state index contributed by atoms with van der Waals surface area (Å²) in [6.45, 7) is 7.88. The number of fused-ring (bicyclic) bond motifs is 1. The molecule has 4 rings (SSSR count). The highest BCUT2D eigenvalue weighted by atomic mass is 32.1. The third kappa shape index (κ3) is 3.47. The van der Waals surface area contributed by atoms with Crippen molar-refractivity contribution in [3.63, 3.8) is 0 Å². The van der Waals surface area contributed by atoms with Crippen LogP contribution in [0.25, 0.3) is 10.2 Å². The Morgan fingerprint density at radius 2 is 2.03 bits per heavy atom. The van der Waals surface area contributed by atoms with E-state index < -0.39 is 12.1 Å². The average Bonchev–Trinajstić information content (AvgIpc) is 3.46. The summed E-state index contributed by atoms with van der Waals surface area (Å²) in [6, 6.07) is 7.34. The third-order valence-corrected chi connectivity index (χ3v) is 6.47. The van der Waals surface area contributed by atoms with Gasteiger partial charge in [-0.1, -0.05) is 0 Å². The summed E-state index contributed by atoms with van der Waals surface area (Å²) in [6.07, 6.45) is 0.738. The van der Waals surface area contributed by atoms with Crippen molar-refractivity contribution in [2.45, 2.75) is 40.3 Å². The molecule has 0 saturated heterocycles. The van der Waals surface area contributed by atoms with Crippen LogP contribution in [0.15, 0.2) is 34.9 Å². The smallest absolute Gasteiger partial charge is 0.349 e. The molecule has 0 bridgehead atoms. The van der Waals surface area contributed by atoms with Crippen LogP contribution in [0.3, 0.4) is 0 Å². The summed E-state index contributed by atoms with van der Waals surface area (Å²) < 4.78 is 14.7. The summed E-state index contributed by atoms with van der Waals surface area (Å²) in [4.78, 5) is 27.0. The summed E-state index contributed by atoms with van der Waals surface area (Å²) in [5.74, 6) is 0.0896. The zero-order chi connectivity index (χ0) is 21.6. The molecule has 0 spiro atoms. The summed E-state index contributed by atoms with van der Waals surface area (Å²) in [7, 11) is 1.84. The number of carbonyl (C=O) groups is 2. The molecule has 0 aromatic carbocycles. The second-order valence-electron chi connectivity index (χ2n) is 7.40. The number of Topliss-reactive ketones (excluding diaryl/α,β-unsaturated/α-hetero) is 1. The fourth-order valence-electron chi connectivity index (χ4n) is 3.65. The first-order valence-corrected chi connectivity index (χ1v) is 10.5. The van der Waals surface area contributed by atoms with E-state index in [9.17, 15) is 9.59 Å². The molecule has 1 atom stereocenters. The van der Waals surface area contributed by atoms with E-state index >= 15 is 0 Å². The normalized spacial score (nSPS) is 12.4. The number of carbonyl (C=O) groups excluding carboxylic acids is 2. The predicted octanol–water partition coefficient (Wildman–Crippen LogP) is 4.43. The molecule has 0 saturated carbocycles. The van der Waals surface area contributed by atoms with Gasteiger partial charge in [-0.15, -0.1) is 11.3 Å². The molecule has 156 valence electrons. The minimum absolute atomic E-state index is 0.221. The monoisotopic (exact) mass is 425 g/mol. The lowest BCUT2D eigenvalue weighted by atomic mass is 10.1. The van der Waals surface area contributed by atoms with E-state index in [2.05, 4.69) is 5.10 Å². The van der Waals surface area contributed by atoms with Crippen LogP contribution in [0.4, 0.5) is 0 Å². The number of hydrogen-bond acceptors (Lipinski definition) is 6. The maximum atomic E-state index is 13.0. The molecule has 0 aliphatic rings. The maximum absolute atomic E-state index is 13.0. The van der Waals surface area contributed by atoms with Gasteiger partial charge in [0.25, 0.3) is 0 Å². The number of hydrogen-bond donors (Lipinski definition) is 0.